The lowest BCUT2D eigenvalue weighted by molar-refractivity contribution is 0.204. The molecule has 0 aromatic heterocycles. The Hall–Kier alpha value is -2.24. The number of piperidine rings is 1. The summed E-state index contributed by atoms with van der Waals surface area (Å²) in [4.78, 5) is 5.24. The van der Waals surface area contributed by atoms with E-state index in [0.717, 1.165) is 43.4 Å². The minimum Gasteiger partial charge on any atom is -0.497 e. The van der Waals surface area contributed by atoms with Crippen LogP contribution in [0.3, 0.4) is 0 Å². The van der Waals surface area contributed by atoms with Crippen LogP contribution in [0.1, 0.15) is 67.2 Å². The average Bonchev–Trinajstić information content (AvgIpc) is 3.35. The zero-order valence-electron chi connectivity index (χ0n) is 20.2. The first-order chi connectivity index (χ1) is 16.2. The standard InChI is InChI=1S/C28H38N2O3/c1-31-23-16-21(17-24(18-23)32-2)27-20-30-14-6-8-28(30)26-19-22(9-10-25(26)27)33-15-7-13-29-11-4-3-5-12-29/h9-10,16-19,27-28H,3-8,11-15,20H2,1-2H3/t27-,28-/m0/s1. The molecule has 2 atom stereocenters. The smallest absolute Gasteiger partial charge is 0.122 e. The molecule has 5 rings (SSSR count). The van der Waals surface area contributed by atoms with Gasteiger partial charge in [-0.15, -0.1) is 0 Å². The number of fused-ring (bicyclic) bond motifs is 3. The molecule has 0 saturated carbocycles. The predicted octanol–water partition coefficient (Wildman–Crippen LogP) is 5.24. The van der Waals surface area contributed by atoms with Crippen LogP contribution in [-0.4, -0.2) is 63.4 Å². The summed E-state index contributed by atoms with van der Waals surface area (Å²) in [5.41, 5.74) is 4.13. The molecular formula is C28H38N2O3. The maximum absolute atomic E-state index is 6.24. The molecule has 2 fully saturated rings. The van der Waals surface area contributed by atoms with Crippen molar-refractivity contribution in [3.05, 3.63) is 53.1 Å². The van der Waals surface area contributed by atoms with Crippen molar-refractivity contribution in [3.63, 3.8) is 0 Å². The first kappa shape index (κ1) is 22.5. The SMILES string of the molecule is COc1cc(OC)cc([C@@H]2CN3CCC[C@H]3c3cc(OCCCN4CCCCC4)ccc32)c1. The highest BCUT2D eigenvalue weighted by atomic mass is 16.5. The second-order valence-electron chi connectivity index (χ2n) is 9.75. The van der Waals surface area contributed by atoms with E-state index < -0.39 is 0 Å². The van der Waals surface area contributed by atoms with E-state index in [0.29, 0.717) is 12.0 Å². The normalized spacial score (nSPS) is 23.1. The van der Waals surface area contributed by atoms with Gasteiger partial charge in [0, 0.05) is 31.1 Å². The van der Waals surface area contributed by atoms with Crippen LogP contribution in [-0.2, 0) is 0 Å². The highest BCUT2D eigenvalue weighted by Crippen LogP contribution is 2.46. The molecule has 5 heteroatoms. The van der Waals surface area contributed by atoms with Gasteiger partial charge in [-0.3, -0.25) is 4.90 Å². The summed E-state index contributed by atoms with van der Waals surface area (Å²) in [5.74, 6) is 3.03. The van der Waals surface area contributed by atoms with Gasteiger partial charge in [0.2, 0.25) is 0 Å². The Labute approximate surface area is 198 Å². The van der Waals surface area contributed by atoms with Crippen LogP contribution >= 0.6 is 0 Å². The zero-order valence-corrected chi connectivity index (χ0v) is 20.2. The molecule has 2 aromatic rings. The Kier molecular flexibility index (Phi) is 7.07. The molecule has 0 amide bonds. The van der Waals surface area contributed by atoms with Gasteiger partial charge in [-0.1, -0.05) is 12.5 Å². The third kappa shape index (κ3) is 4.99. The van der Waals surface area contributed by atoms with Crippen molar-refractivity contribution in [1.82, 2.24) is 9.80 Å². The summed E-state index contributed by atoms with van der Waals surface area (Å²) in [6.07, 6.45) is 7.69. The van der Waals surface area contributed by atoms with Gasteiger partial charge in [0.05, 0.1) is 20.8 Å². The van der Waals surface area contributed by atoms with E-state index in [1.165, 1.54) is 68.4 Å². The number of hydrogen-bond acceptors (Lipinski definition) is 5. The molecule has 178 valence electrons. The highest BCUT2D eigenvalue weighted by Gasteiger charge is 2.37. The van der Waals surface area contributed by atoms with Gasteiger partial charge in [-0.2, -0.15) is 0 Å². The van der Waals surface area contributed by atoms with E-state index in [1.54, 1.807) is 14.2 Å². The third-order valence-electron chi connectivity index (χ3n) is 7.69. The van der Waals surface area contributed by atoms with E-state index in [9.17, 15) is 0 Å². The number of methoxy groups -OCH3 is 2. The number of ether oxygens (including phenoxy) is 3. The second-order valence-corrected chi connectivity index (χ2v) is 9.75. The van der Waals surface area contributed by atoms with Crippen LogP contribution in [0, 0.1) is 0 Å². The summed E-state index contributed by atoms with van der Waals surface area (Å²) in [7, 11) is 3.44. The molecule has 2 aromatic carbocycles. The van der Waals surface area contributed by atoms with Crippen LogP contribution in [0.15, 0.2) is 36.4 Å². The zero-order chi connectivity index (χ0) is 22.6. The minimum atomic E-state index is 0.312. The van der Waals surface area contributed by atoms with Gasteiger partial charge >= 0.3 is 0 Å². The van der Waals surface area contributed by atoms with Crippen molar-refractivity contribution in [3.8, 4) is 17.2 Å². The van der Waals surface area contributed by atoms with Gasteiger partial charge in [0.25, 0.3) is 0 Å². The summed E-state index contributed by atoms with van der Waals surface area (Å²) < 4.78 is 17.4. The lowest BCUT2D eigenvalue weighted by atomic mass is 9.81. The van der Waals surface area contributed by atoms with Crippen molar-refractivity contribution in [1.29, 1.82) is 0 Å². The quantitative estimate of drug-likeness (QED) is 0.514. The maximum Gasteiger partial charge on any atom is 0.122 e. The summed E-state index contributed by atoms with van der Waals surface area (Å²) in [6.45, 7) is 6.67. The molecule has 0 radical (unpaired) electrons. The maximum atomic E-state index is 6.24. The molecule has 3 aliphatic heterocycles. The predicted molar refractivity (Wildman–Crippen MR) is 132 cm³/mol. The molecule has 3 heterocycles. The fraction of sp³-hybridized carbons (Fsp3) is 0.571. The number of hydrogen-bond donors (Lipinski definition) is 0. The fourth-order valence-corrected chi connectivity index (χ4v) is 5.96. The number of benzene rings is 2. The van der Waals surface area contributed by atoms with Crippen molar-refractivity contribution in [2.45, 2.75) is 50.5 Å². The number of likely N-dealkylation sites (tertiary alicyclic amines) is 1. The Morgan fingerprint density at radius 3 is 2.36 bits per heavy atom. The molecule has 2 saturated heterocycles. The van der Waals surface area contributed by atoms with Crippen LogP contribution < -0.4 is 14.2 Å². The van der Waals surface area contributed by atoms with Crippen molar-refractivity contribution in [2.75, 3.05) is 53.6 Å². The Balaban J connectivity index is 1.34. The molecule has 0 unspecified atom stereocenters. The van der Waals surface area contributed by atoms with E-state index in [4.69, 9.17) is 14.2 Å². The van der Waals surface area contributed by atoms with Crippen LogP contribution in [0.2, 0.25) is 0 Å². The molecule has 33 heavy (non-hydrogen) atoms. The molecule has 0 aliphatic carbocycles. The van der Waals surface area contributed by atoms with Crippen LogP contribution in [0.4, 0.5) is 0 Å². The van der Waals surface area contributed by atoms with Gasteiger partial charge in [-0.05, 0) is 92.7 Å². The van der Waals surface area contributed by atoms with E-state index in [2.05, 4.69) is 40.1 Å². The fourth-order valence-electron chi connectivity index (χ4n) is 5.96. The van der Waals surface area contributed by atoms with Gasteiger partial charge in [-0.25, -0.2) is 0 Å². The van der Waals surface area contributed by atoms with Gasteiger partial charge < -0.3 is 19.1 Å². The number of rotatable bonds is 8. The highest BCUT2D eigenvalue weighted by molar-refractivity contribution is 5.49. The molecule has 5 nitrogen and oxygen atoms in total. The lowest BCUT2D eigenvalue weighted by Crippen LogP contribution is -2.34. The number of nitrogens with zero attached hydrogens (tertiary/aromatic N) is 2. The lowest BCUT2D eigenvalue weighted by Gasteiger charge is -2.38. The Bertz CT molecular complexity index is 918. The second kappa shape index (κ2) is 10.4. The van der Waals surface area contributed by atoms with E-state index in [1.807, 2.05) is 6.07 Å². The van der Waals surface area contributed by atoms with Gasteiger partial charge in [0.1, 0.15) is 17.2 Å². The summed E-state index contributed by atoms with van der Waals surface area (Å²) in [5, 5.41) is 0. The minimum absolute atomic E-state index is 0.312. The molecule has 0 bridgehead atoms. The molecular weight excluding hydrogens is 412 g/mol. The van der Waals surface area contributed by atoms with E-state index >= 15 is 0 Å². The summed E-state index contributed by atoms with van der Waals surface area (Å²) in [6, 6.07) is 13.6. The van der Waals surface area contributed by atoms with Gasteiger partial charge in [0.15, 0.2) is 0 Å². The van der Waals surface area contributed by atoms with Crippen LogP contribution in [0.25, 0.3) is 0 Å². The largest absolute Gasteiger partial charge is 0.497 e. The van der Waals surface area contributed by atoms with Crippen LogP contribution in [0.5, 0.6) is 17.2 Å². The monoisotopic (exact) mass is 450 g/mol. The van der Waals surface area contributed by atoms with Crippen molar-refractivity contribution < 1.29 is 14.2 Å². The van der Waals surface area contributed by atoms with Crippen molar-refractivity contribution >= 4 is 0 Å². The Morgan fingerprint density at radius 2 is 1.61 bits per heavy atom. The molecule has 3 aliphatic rings. The molecule has 0 N–H and O–H groups in total. The topological polar surface area (TPSA) is 34.2 Å². The average molecular weight is 451 g/mol. The van der Waals surface area contributed by atoms with Crippen molar-refractivity contribution in [2.24, 2.45) is 0 Å². The first-order valence-electron chi connectivity index (χ1n) is 12.7. The van der Waals surface area contributed by atoms with E-state index in [-0.39, 0.29) is 0 Å². The third-order valence-corrected chi connectivity index (χ3v) is 7.69. The molecule has 0 spiro atoms. The Morgan fingerprint density at radius 1 is 0.818 bits per heavy atom. The first-order valence-corrected chi connectivity index (χ1v) is 12.7. The summed E-state index contributed by atoms with van der Waals surface area (Å²) >= 11 is 0.